The fourth-order valence-electron chi connectivity index (χ4n) is 2.51. The van der Waals surface area contributed by atoms with Crippen LogP contribution in [0, 0.1) is 13.8 Å². The number of hydrogen-bond donors (Lipinski definition) is 1. The van der Waals surface area contributed by atoms with Gasteiger partial charge in [0.05, 0.1) is 10.6 Å². The highest BCUT2D eigenvalue weighted by Crippen LogP contribution is 2.41. The Kier molecular flexibility index (Phi) is 4.33. The van der Waals surface area contributed by atoms with Crippen LogP contribution in [0.5, 0.6) is 0 Å². The maximum absolute atomic E-state index is 5.99. The highest BCUT2D eigenvalue weighted by Gasteiger charge is 2.19. The molecule has 0 aliphatic heterocycles. The number of nitrogens with zero attached hydrogens (tertiary/aromatic N) is 2. The van der Waals surface area contributed by atoms with Gasteiger partial charge in [0.25, 0.3) is 0 Å². The molecule has 0 radical (unpaired) electrons. The molecule has 0 aliphatic rings. The van der Waals surface area contributed by atoms with Gasteiger partial charge in [-0.25, -0.2) is 4.98 Å². The quantitative estimate of drug-likeness (QED) is 0.902. The van der Waals surface area contributed by atoms with Gasteiger partial charge in [-0.3, -0.25) is 0 Å². The molecule has 2 heterocycles. The molecule has 0 amide bonds. The first-order chi connectivity index (χ1) is 9.45. The normalized spacial score (nSPS) is 11.0. The minimum Gasteiger partial charge on any atom is -0.398 e. The summed E-state index contributed by atoms with van der Waals surface area (Å²) in [6, 6.07) is 2.13. The summed E-state index contributed by atoms with van der Waals surface area (Å²) in [5.41, 5.74) is 10.1. The second-order valence-electron chi connectivity index (χ2n) is 5.34. The van der Waals surface area contributed by atoms with E-state index in [4.69, 9.17) is 5.73 Å². The zero-order valence-electron chi connectivity index (χ0n) is 12.8. The molecular weight excluding hydrogens is 266 g/mol. The van der Waals surface area contributed by atoms with Gasteiger partial charge in [-0.1, -0.05) is 19.9 Å². The van der Waals surface area contributed by atoms with E-state index >= 15 is 0 Å². The highest BCUT2D eigenvalue weighted by molar-refractivity contribution is 7.20. The Labute approximate surface area is 125 Å². The van der Waals surface area contributed by atoms with Crippen molar-refractivity contribution in [2.75, 3.05) is 18.5 Å². The number of rotatable bonds is 5. The molecule has 0 saturated carbocycles. The predicted octanol–water partition coefficient (Wildman–Crippen LogP) is 4.08. The Morgan fingerprint density at radius 3 is 2.75 bits per heavy atom. The van der Waals surface area contributed by atoms with Crippen LogP contribution in [0.3, 0.4) is 0 Å². The smallest absolute Gasteiger partial charge is 0.126 e. The molecule has 0 fully saturated rings. The van der Waals surface area contributed by atoms with Gasteiger partial charge in [-0.2, -0.15) is 0 Å². The lowest BCUT2D eigenvalue weighted by atomic mass is 10.1. The van der Waals surface area contributed by atoms with Crippen molar-refractivity contribution in [3.05, 3.63) is 28.8 Å². The van der Waals surface area contributed by atoms with E-state index in [1.807, 2.05) is 6.92 Å². The maximum atomic E-state index is 5.99. The largest absolute Gasteiger partial charge is 0.398 e. The number of aromatic nitrogens is 1. The van der Waals surface area contributed by atoms with Gasteiger partial charge in [0, 0.05) is 30.4 Å². The Balaban J connectivity index is 2.65. The van der Waals surface area contributed by atoms with Crippen molar-refractivity contribution in [2.24, 2.45) is 5.73 Å². The molecule has 2 N–H and O–H groups in total. The van der Waals surface area contributed by atoms with Crippen LogP contribution in [0.15, 0.2) is 12.6 Å². The summed E-state index contributed by atoms with van der Waals surface area (Å²) < 4.78 is 0. The fraction of sp³-hybridized carbons (Fsp3) is 0.438. The lowest BCUT2D eigenvalue weighted by molar-refractivity contribution is 0.768. The van der Waals surface area contributed by atoms with E-state index in [-0.39, 0.29) is 0 Å². The number of anilines is 1. The molecule has 2 rings (SSSR count). The molecular formula is C16H23N3S. The third-order valence-corrected chi connectivity index (χ3v) is 4.63. The van der Waals surface area contributed by atoms with Crippen LogP contribution in [-0.2, 0) is 0 Å². The van der Waals surface area contributed by atoms with E-state index in [0.29, 0.717) is 5.70 Å². The second-order valence-corrected chi connectivity index (χ2v) is 6.34. The van der Waals surface area contributed by atoms with Gasteiger partial charge < -0.3 is 10.6 Å². The molecule has 0 aliphatic carbocycles. The molecule has 20 heavy (non-hydrogen) atoms. The van der Waals surface area contributed by atoms with Crippen LogP contribution in [0.2, 0.25) is 0 Å². The van der Waals surface area contributed by atoms with Crippen molar-refractivity contribution in [3.63, 3.8) is 0 Å². The Hall–Kier alpha value is -1.55. The monoisotopic (exact) mass is 289 g/mol. The van der Waals surface area contributed by atoms with Crippen LogP contribution in [-0.4, -0.2) is 18.6 Å². The van der Waals surface area contributed by atoms with Crippen molar-refractivity contribution in [2.45, 2.75) is 33.6 Å². The number of thiophene rings is 1. The van der Waals surface area contributed by atoms with E-state index in [0.717, 1.165) is 21.9 Å². The number of fused-ring (bicyclic) bond motifs is 1. The van der Waals surface area contributed by atoms with Gasteiger partial charge in [-0.05, 0) is 31.9 Å². The zero-order chi connectivity index (χ0) is 14.9. The van der Waals surface area contributed by atoms with Crippen molar-refractivity contribution >= 4 is 32.9 Å². The lowest BCUT2D eigenvalue weighted by Gasteiger charge is -2.21. The highest BCUT2D eigenvalue weighted by atomic mass is 32.1. The van der Waals surface area contributed by atoms with Crippen molar-refractivity contribution in [3.8, 4) is 0 Å². The summed E-state index contributed by atoms with van der Waals surface area (Å²) in [5, 5.41) is 1.22. The molecule has 0 unspecified atom stereocenters. The Morgan fingerprint density at radius 2 is 2.15 bits per heavy atom. The first-order valence-corrected chi connectivity index (χ1v) is 7.84. The van der Waals surface area contributed by atoms with Crippen molar-refractivity contribution in [1.29, 1.82) is 0 Å². The number of hydrogen-bond acceptors (Lipinski definition) is 4. The molecule has 3 nitrogen and oxygen atoms in total. The first kappa shape index (κ1) is 14.9. The summed E-state index contributed by atoms with van der Waals surface area (Å²) in [4.78, 5) is 9.06. The first-order valence-electron chi connectivity index (χ1n) is 7.02. The third-order valence-electron chi connectivity index (χ3n) is 3.48. The minimum absolute atomic E-state index is 0.628. The molecule has 2 aromatic rings. The van der Waals surface area contributed by atoms with E-state index < -0.39 is 0 Å². The second kappa shape index (κ2) is 5.83. The van der Waals surface area contributed by atoms with Crippen LogP contribution in [0.1, 0.15) is 35.9 Å². The molecule has 0 saturated heterocycles. The van der Waals surface area contributed by atoms with Crippen molar-refractivity contribution in [1.82, 2.24) is 4.98 Å². The standard InChI is InChI=1S/C16H23N3S/c1-6-7-8-19(5)14-13-10(2)9-11(3)18-16(13)20-15(14)12(4)17/h9H,4,6-8,17H2,1-3,5H3. The Morgan fingerprint density at radius 1 is 1.45 bits per heavy atom. The molecule has 0 spiro atoms. The SMILES string of the molecule is C=C(N)c1sc2nc(C)cc(C)c2c1N(C)CCCC. The number of unbranched alkanes of at least 4 members (excludes halogenated alkanes) is 1. The average Bonchev–Trinajstić information content (AvgIpc) is 2.75. The van der Waals surface area contributed by atoms with E-state index in [1.165, 1.54) is 29.5 Å². The van der Waals surface area contributed by atoms with Crippen molar-refractivity contribution < 1.29 is 0 Å². The van der Waals surface area contributed by atoms with Gasteiger partial charge in [-0.15, -0.1) is 11.3 Å². The van der Waals surface area contributed by atoms with E-state index in [1.54, 1.807) is 11.3 Å². The molecule has 0 aromatic carbocycles. The fourth-order valence-corrected chi connectivity index (χ4v) is 3.74. The van der Waals surface area contributed by atoms with Gasteiger partial charge in [0.1, 0.15) is 4.83 Å². The van der Waals surface area contributed by atoms with E-state index in [2.05, 4.69) is 43.4 Å². The molecule has 0 atom stereocenters. The van der Waals surface area contributed by atoms with Crippen LogP contribution in [0.25, 0.3) is 15.9 Å². The minimum atomic E-state index is 0.628. The molecule has 4 heteroatoms. The molecule has 108 valence electrons. The Bertz CT molecular complexity index is 643. The summed E-state index contributed by atoms with van der Waals surface area (Å²) in [7, 11) is 2.13. The molecule has 2 aromatic heterocycles. The summed E-state index contributed by atoms with van der Waals surface area (Å²) in [6.07, 6.45) is 2.35. The van der Waals surface area contributed by atoms with Crippen LogP contribution >= 0.6 is 11.3 Å². The van der Waals surface area contributed by atoms with Crippen LogP contribution < -0.4 is 10.6 Å². The van der Waals surface area contributed by atoms with E-state index in [9.17, 15) is 0 Å². The number of nitrogens with two attached hydrogens (primary N) is 1. The lowest BCUT2D eigenvalue weighted by Crippen LogP contribution is -2.19. The summed E-state index contributed by atoms with van der Waals surface area (Å²) in [6.45, 7) is 11.3. The van der Waals surface area contributed by atoms with Gasteiger partial charge in [0.2, 0.25) is 0 Å². The maximum Gasteiger partial charge on any atom is 0.126 e. The zero-order valence-corrected chi connectivity index (χ0v) is 13.6. The molecule has 0 bridgehead atoms. The third kappa shape index (κ3) is 2.66. The number of aryl methyl sites for hydroxylation is 2. The average molecular weight is 289 g/mol. The van der Waals surface area contributed by atoms with Gasteiger partial charge >= 0.3 is 0 Å². The predicted molar refractivity (Wildman–Crippen MR) is 90.5 cm³/mol. The summed E-state index contributed by atoms with van der Waals surface area (Å²) in [5.74, 6) is 0. The summed E-state index contributed by atoms with van der Waals surface area (Å²) >= 11 is 1.64. The topological polar surface area (TPSA) is 42.1 Å². The van der Waals surface area contributed by atoms with Gasteiger partial charge in [0.15, 0.2) is 0 Å². The number of pyridine rings is 1. The van der Waals surface area contributed by atoms with Crippen LogP contribution in [0.4, 0.5) is 5.69 Å².